The van der Waals surface area contributed by atoms with Gasteiger partial charge in [-0.1, -0.05) is 0 Å². The average molecular weight is 245 g/mol. The third-order valence-corrected chi connectivity index (χ3v) is 2.46. The van der Waals surface area contributed by atoms with Crippen LogP contribution in [0.5, 0.6) is 0 Å². The number of pyridine rings is 1. The molecule has 0 radical (unpaired) electrons. The molecule has 0 saturated carbocycles. The Labute approximate surface area is 105 Å². The molecule has 0 bridgehead atoms. The fourth-order valence-corrected chi connectivity index (χ4v) is 1.53. The molecule has 0 aliphatic rings. The minimum absolute atomic E-state index is 0.110. The largest absolute Gasteiger partial charge is 0.373 e. The molecule has 94 valence electrons. The Morgan fingerprint density at radius 2 is 2.33 bits per heavy atom. The summed E-state index contributed by atoms with van der Waals surface area (Å²) in [7, 11) is 1.77. The van der Waals surface area contributed by atoms with Crippen molar-refractivity contribution in [2.45, 2.75) is 6.54 Å². The van der Waals surface area contributed by atoms with Crippen molar-refractivity contribution in [3.63, 3.8) is 0 Å². The van der Waals surface area contributed by atoms with E-state index in [0.717, 1.165) is 0 Å². The van der Waals surface area contributed by atoms with Crippen LogP contribution in [0.15, 0.2) is 36.8 Å². The Hall–Kier alpha value is -2.37. The lowest BCUT2D eigenvalue weighted by Crippen LogP contribution is -2.27. The number of hydrogen-bond donors (Lipinski definition) is 2. The van der Waals surface area contributed by atoms with Crippen molar-refractivity contribution in [2.24, 2.45) is 0 Å². The average Bonchev–Trinajstić information content (AvgIpc) is 2.92. The van der Waals surface area contributed by atoms with Crippen LogP contribution >= 0.6 is 0 Å². The van der Waals surface area contributed by atoms with Gasteiger partial charge in [-0.3, -0.25) is 9.48 Å². The predicted molar refractivity (Wildman–Crippen MR) is 68.3 cm³/mol. The van der Waals surface area contributed by atoms with Crippen LogP contribution in [0.25, 0.3) is 0 Å². The van der Waals surface area contributed by atoms with Gasteiger partial charge in [0.05, 0.1) is 6.54 Å². The molecule has 0 fully saturated rings. The van der Waals surface area contributed by atoms with Gasteiger partial charge < -0.3 is 10.6 Å². The molecule has 2 aromatic rings. The van der Waals surface area contributed by atoms with Crippen molar-refractivity contribution in [2.75, 3.05) is 18.9 Å². The first-order chi connectivity index (χ1) is 8.79. The van der Waals surface area contributed by atoms with E-state index in [-0.39, 0.29) is 5.91 Å². The highest BCUT2D eigenvalue weighted by molar-refractivity contribution is 5.94. The van der Waals surface area contributed by atoms with Gasteiger partial charge in [0.25, 0.3) is 5.91 Å². The normalized spacial score (nSPS) is 10.1. The van der Waals surface area contributed by atoms with Crippen molar-refractivity contribution in [1.29, 1.82) is 0 Å². The van der Waals surface area contributed by atoms with Crippen LogP contribution in [0.2, 0.25) is 0 Å². The van der Waals surface area contributed by atoms with Gasteiger partial charge in [-0.15, -0.1) is 0 Å². The number of amides is 1. The molecule has 0 unspecified atom stereocenters. The van der Waals surface area contributed by atoms with Crippen LogP contribution in [-0.4, -0.2) is 34.3 Å². The van der Waals surface area contributed by atoms with Gasteiger partial charge in [0.15, 0.2) is 0 Å². The number of nitrogens with one attached hydrogen (secondary N) is 2. The molecule has 18 heavy (non-hydrogen) atoms. The summed E-state index contributed by atoms with van der Waals surface area (Å²) in [6, 6.07) is 5.25. The quantitative estimate of drug-likeness (QED) is 0.815. The Morgan fingerprint density at radius 3 is 3.06 bits per heavy atom. The number of carbonyl (C=O) groups excluding carboxylic acids is 1. The lowest BCUT2D eigenvalue weighted by molar-refractivity contribution is 0.0952. The molecule has 6 heteroatoms. The van der Waals surface area contributed by atoms with Gasteiger partial charge >= 0.3 is 0 Å². The van der Waals surface area contributed by atoms with Gasteiger partial charge in [0, 0.05) is 37.7 Å². The zero-order valence-corrected chi connectivity index (χ0v) is 10.1. The fraction of sp³-hybridized carbons (Fsp3) is 0.250. The maximum absolute atomic E-state index is 11.8. The third-order valence-electron chi connectivity index (χ3n) is 2.46. The first-order valence-corrected chi connectivity index (χ1v) is 5.69. The van der Waals surface area contributed by atoms with E-state index in [9.17, 15) is 4.79 Å². The molecule has 6 nitrogen and oxygen atoms in total. The number of hydrogen-bond acceptors (Lipinski definition) is 4. The number of anilines is 1. The molecule has 2 aromatic heterocycles. The van der Waals surface area contributed by atoms with E-state index < -0.39 is 0 Å². The highest BCUT2D eigenvalue weighted by Gasteiger charge is 2.05. The maximum Gasteiger partial charge on any atom is 0.251 e. The number of aromatic nitrogens is 3. The summed E-state index contributed by atoms with van der Waals surface area (Å²) in [6.07, 6.45) is 5.18. The summed E-state index contributed by atoms with van der Waals surface area (Å²) in [4.78, 5) is 15.9. The molecule has 2 heterocycles. The standard InChI is InChI=1S/C12H15N5O/c1-13-11-9-10(3-5-14-11)12(18)15-6-8-17-7-2-4-16-17/h2-5,7,9H,6,8H2,1H3,(H,13,14)(H,15,18). The maximum atomic E-state index is 11.8. The van der Waals surface area contributed by atoms with Crippen molar-refractivity contribution in [3.8, 4) is 0 Å². The number of carbonyl (C=O) groups is 1. The van der Waals surface area contributed by atoms with Gasteiger partial charge in [-0.2, -0.15) is 5.10 Å². The lowest BCUT2D eigenvalue weighted by Gasteiger charge is -2.06. The second kappa shape index (κ2) is 5.81. The van der Waals surface area contributed by atoms with Crippen LogP contribution in [0, 0.1) is 0 Å². The van der Waals surface area contributed by atoms with Crippen molar-refractivity contribution in [3.05, 3.63) is 42.4 Å². The first kappa shape index (κ1) is 12.1. The third kappa shape index (κ3) is 3.07. The van der Waals surface area contributed by atoms with Crippen LogP contribution in [0.1, 0.15) is 10.4 Å². The molecule has 0 aliphatic heterocycles. The van der Waals surface area contributed by atoms with Gasteiger partial charge in [-0.25, -0.2) is 4.98 Å². The molecular weight excluding hydrogens is 230 g/mol. The summed E-state index contributed by atoms with van der Waals surface area (Å²) < 4.78 is 1.77. The van der Waals surface area contributed by atoms with Gasteiger partial charge in [0.2, 0.25) is 0 Å². The monoisotopic (exact) mass is 245 g/mol. The van der Waals surface area contributed by atoms with Gasteiger partial charge in [-0.05, 0) is 18.2 Å². The molecule has 0 atom stereocenters. The molecule has 0 spiro atoms. The van der Waals surface area contributed by atoms with Crippen LogP contribution in [0.4, 0.5) is 5.82 Å². The summed E-state index contributed by atoms with van der Waals surface area (Å²) in [5.74, 6) is 0.566. The molecule has 2 N–H and O–H groups in total. The Balaban J connectivity index is 1.87. The summed E-state index contributed by atoms with van der Waals surface area (Å²) >= 11 is 0. The fourth-order valence-electron chi connectivity index (χ4n) is 1.53. The molecular formula is C12H15N5O. The molecule has 0 saturated heterocycles. The van der Waals surface area contributed by atoms with E-state index in [1.807, 2.05) is 12.3 Å². The Bertz CT molecular complexity index is 509. The van der Waals surface area contributed by atoms with E-state index in [0.29, 0.717) is 24.5 Å². The van der Waals surface area contributed by atoms with E-state index in [4.69, 9.17) is 0 Å². The molecule has 0 aromatic carbocycles. The SMILES string of the molecule is CNc1cc(C(=O)NCCn2cccn2)ccn1. The second-order valence-electron chi connectivity index (χ2n) is 3.70. The topological polar surface area (TPSA) is 71.8 Å². The number of nitrogens with zero attached hydrogens (tertiary/aromatic N) is 3. The van der Waals surface area contributed by atoms with E-state index in [1.165, 1.54) is 0 Å². The minimum atomic E-state index is -0.110. The summed E-state index contributed by atoms with van der Waals surface area (Å²) in [5.41, 5.74) is 0.592. The van der Waals surface area contributed by atoms with Crippen molar-refractivity contribution >= 4 is 11.7 Å². The Kier molecular flexibility index (Phi) is 3.90. The predicted octanol–water partition coefficient (Wildman–Crippen LogP) is 0.750. The van der Waals surface area contributed by atoms with Crippen LogP contribution < -0.4 is 10.6 Å². The van der Waals surface area contributed by atoms with E-state index in [2.05, 4.69) is 20.7 Å². The van der Waals surface area contributed by atoms with Gasteiger partial charge in [0.1, 0.15) is 5.82 Å². The summed E-state index contributed by atoms with van der Waals surface area (Å²) in [5, 5.41) is 9.79. The number of rotatable bonds is 5. The molecule has 2 rings (SSSR count). The Morgan fingerprint density at radius 1 is 1.44 bits per heavy atom. The zero-order valence-electron chi connectivity index (χ0n) is 10.1. The van der Waals surface area contributed by atoms with Crippen LogP contribution in [0.3, 0.4) is 0 Å². The molecule has 1 amide bonds. The minimum Gasteiger partial charge on any atom is -0.373 e. The first-order valence-electron chi connectivity index (χ1n) is 5.69. The summed E-state index contributed by atoms with van der Waals surface area (Å²) in [6.45, 7) is 1.19. The highest BCUT2D eigenvalue weighted by Crippen LogP contribution is 2.05. The smallest absolute Gasteiger partial charge is 0.251 e. The zero-order chi connectivity index (χ0) is 12.8. The van der Waals surface area contributed by atoms with E-state index >= 15 is 0 Å². The van der Waals surface area contributed by atoms with Crippen molar-refractivity contribution < 1.29 is 4.79 Å². The van der Waals surface area contributed by atoms with E-state index in [1.54, 1.807) is 36.3 Å². The second-order valence-corrected chi connectivity index (χ2v) is 3.70. The molecule has 0 aliphatic carbocycles. The highest BCUT2D eigenvalue weighted by atomic mass is 16.1. The van der Waals surface area contributed by atoms with Crippen molar-refractivity contribution in [1.82, 2.24) is 20.1 Å². The lowest BCUT2D eigenvalue weighted by atomic mass is 10.2. The van der Waals surface area contributed by atoms with Crippen LogP contribution in [-0.2, 0) is 6.54 Å².